The molecule has 31 heavy (non-hydrogen) atoms. The lowest BCUT2D eigenvalue weighted by Gasteiger charge is -2.39. The molecule has 6 heteroatoms. The third-order valence-corrected chi connectivity index (χ3v) is 7.48. The van der Waals surface area contributed by atoms with Gasteiger partial charge in [-0.25, -0.2) is 4.79 Å². The van der Waals surface area contributed by atoms with Crippen molar-refractivity contribution in [3.63, 3.8) is 0 Å². The van der Waals surface area contributed by atoms with E-state index in [1.54, 1.807) is 0 Å². The Hall–Kier alpha value is -2.37. The maximum atomic E-state index is 13.3. The summed E-state index contributed by atoms with van der Waals surface area (Å²) in [6.45, 7) is 8.63. The van der Waals surface area contributed by atoms with Crippen molar-refractivity contribution in [2.75, 3.05) is 6.54 Å². The van der Waals surface area contributed by atoms with Crippen molar-refractivity contribution in [2.45, 2.75) is 84.2 Å². The molecule has 170 valence electrons. The van der Waals surface area contributed by atoms with E-state index in [4.69, 9.17) is 0 Å². The van der Waals surface area contributed by atoms with Crippen LogP contribution in [0.25, 0.3) is 0 Å². The lowest BCUT2D eigenvalue weighted by atomic mass is 9.69. The summed E-state index contributed by atoms with van der Waals surface area (Å²) >= 11 is 0. The van der Waals surface area contributed by atoms with Crippen LogP contribution in [0.4, 0.5) is 4.79 Å². The first-order valence-electron chi connectivity index (χ1n) is 11.7. The lowest BCUT2D eigenvalue weighted by molar-refractivity contribution is -0.135. The first-order valence-corrected chi connectivity index (χ1v) is 11.7. The normalized spacial score (nSPS) is 26.6. The molecule has 1 atom stereocenters. The first kappa shape index (κ1) is 23.3. The number of amides is 4. The average Bonchev–Trinajstić information content (AvgIpc) is 3.00. The molecule has 1 aliphatic heterocycles. The van der Waals surface area contributed by atoms with Crippen molar-refractivity contribution in [3.05, 3.63) is 35.9 Å². The van der Waals surface area contributed by atoms with Gasteiger partial charge in [0.25, 0.3) is 5.91 Å². The summed E-state index contributed by atoms with van der Waals surface area (Å²) in [7, 11) is 0. The third kappa shape index (κ3) is 4.78. The van der Waals surface area contributed by atoms with Crippen LogP contribution in [-0.2, 0) is 15.1 Å². The van der Waals surface area contributed by atoms with Gasteiger partial charge in [0.1, 0.15) is 12.1 Å². The minimum Gasteiger partial charge on any atom is -0.352 e. The van der Waals surface area contributed by atoms with E-state index in [2.05, 4.69) is 31.4 Å². The quantitative estimate of drug-likeness (QED) is 0.606. The Labute approximate surface area is 186 Å². The van der Waals surface area contributed by atoms with Crippen LogP contribution in [-0.4, -0.2) is 35.3 Å². The highest BCUT2D eigenvalue weighted by molar-refractivity contribution is 6.09. The molecule has 1 heterocycles. The molecule has 3 rings (SSSR count). The zero-order chi connectivity index (χ0) is 22.6. The number of benzene rings is 1. The summed E-state index contributed by atoms with van der Waals surface area (Å²) in [4.78, 5) is 39.8. The molecule has 6 nitrogen and oxygen atoms in total. The fraction of sp³-hybridized carbons (Fsp3) is 0.640. The highest BCUT2D eigenvalue weighted by atomic mass is 16.2. The standard InChI is InChI=1S/C25H37N3O3/c1-5-16-25(19-10-8-7-9-11-19)22(30)28(23(31)27-25)17-21(29)26-20-14-12-18(13-15-20)24(3,4)6-2/h7-11,18,20H,5-6,12-17H2,1-4H3,(H,26,29)(H,27,31)/t18?,20?,25-/m1/s1. The summed E-state index contributed by atoms with van der Waals surface area (Å²) in [5.74, 6) is 0.0771. The second kappa shape index (κ2) is 9.41. The molecule has 2 N–H and O–H groups in total. The number of nitrogens with one attached hydrogen (secondary N) is 2. The molecule has 0 spiro atoms. The predicted molar refractivity (Wildman–Crippen MR) is 121 cm³/mol. The van der Waals surface area contributed by atoms with Crippen LogP contribution in [0.2, 0.25) is 0 Å². The maximum Gasteiger partial charge on any atom is 0.325 e. The van der Waals surface area contributed by atoms with Gasteiger partial charge in [-0.05, 0) is 49.0 Å². The fourth-order valence-electron chi connectivity index (χ4n) is 5.10. The van der Waals surface area contributed by atoms with Gasteiger partial charge in [-0.3, -0.25) is 14.5 Å². The number of nitrogens with zero attached hydrogens (tertiary/aromatic N) is 1. The smallest absolute Gasteiger partial charge is 0.325 e. The molecule has 1 aliphatic carbocycles. The molecule has 0 unspecified atom stereocenters. The van der Waals surface area contributed by atoms with Crippen LogP contribution in [0.1, 0.15) is 78.2 Å². The zero-order valence-corrected chi connectivity index (χ0v) is 19.4. The van der Waals surface area contributed by atoms with Gasteiger partial charge in [0.05, 0.1) is 0 Å². The largest absolute Gasteiger partial charge is 0.352 e. The van der Waals surface area contributed by atoms with Crippen LogP contribution in [0.15, 0.2) is 30.3 Å². The van der Waals surface area contributed by atoms with Crippen molar-refractivity contribution in [1.29, 1.82) is 0 Å². The SMILES string of the molecule is CCC[C@]1(c2ccccc2)NC(=O)N(CC(=O)NC2CCC(C(C)(C)CC)CC2)C1=O. The molecule has 1 saturated carbocycles. The number of rotatable bonds is 8. The van der Waals surface area contributed by atoms with Crippen molar-refractivity contribution >= 4 is 17.8 Å². The van der Waals surface area contributed by atoms with Gasteiger partial charge in [0.2, 0.25) is 5.91 Å². The van der Waals surface area contributed by atoms with Crippen LogP contribution >= 0.6 is 0 Å². The number of carbonyl (C=O) groups is 3. The molecule has 1 aromatic rings. The summed E-state index contributed by atoms with van der Waals surface area (Å²) in [5.41, 5.74) is 0.00155. The molecule has 2 fully saturated rings. The van der Waals surface area contributed by atoms with E-state index in [0.29, 0.717) is 17.8 Å². The Morgan fingerprint density at radius 3 is 2.35 bits per heavy atom. The lowest BCUT2D eigenvalue weighted by Crippen LogP contribution is -2.47. The Kier molecular flexibility index (Phi) is 7.07. The van der Waals surface area contributed by atoms with Crippen molar-refractivity contribution in [3.8, 4) is 0 Å². The number of carbonyl (C=O) groups excluding carboxylic acids is 3. The highest BCUT2D eigenvalue weighted by Gasteiger charge is 2.52. The Morgan fingerprint density at radius 2 is 1.77 bits per heavy atom. The molecule has 0 bridgehead atoms. The van der Waals surface area contributed by atoms with Gasteiger partial charge in [-0.1, -0.05) is 70.9 Å². The van der Waals surface area contributed by atoms with Crippen molar-refractivity contribution in [2.24, 2.45) is 11.3 Å². The zero-order valence-electron chi connectivity index (χ0n) is 19.4. The van der Waals surface area contributed by atoms with Gasteiger partial charge in [0.15, 0.2) is 0 Å². The van der Waals surface area contributed by atoms with Crippen LogP contribution in [0, 0.1) is 11.3 Å². The predicted octanol–water partition coefficient (Wildman–Crippen LogP) is 4.35. The van der Waals surface area contributed by atoms with Crippen molar-refractivity contribution in [1.82, 2.24) is 15.5 Å². The van der Waals surface area contributed by atoms with E-state index in [0.717, 1.165) is 49.0 Å². The van der Waals surface area contributed by atoms with E-state index in [1.807, 2.05) is 37.3 Å². The van der Waals surface area contributed by atoms with E-state index in [1.165, 1.54) is 0 Å². The molecular formula is C25H37N3O3. The second-order valence-electron chi connectivity index (χ2n) is 9.80. The van der Waals surface area contributed by atoms with Gasteiger partial charge in [0, 0.05) is 6.04 Å². The van der Waals surface area contributed by atoms with Gasteiger partial charge in [-0.2, -0.15) is 0 Å². The summed E-state index contributed by atoms with van der Waals surface area (Å²) in [6.07, 6.45) is 6.48. The number of hydrogen-bond acceptors (Lipinski definition) is 3. The molecule has 0 radical (unpaired) electrons. The molecule has 2 aliphatic rings. The minimum atomic E-state index is -1.09. The average molecular weight is 428 g/mol. The molecule has 4 amide bonds. The number of hydrogen-bond donors (Lipinski definition) is 2. The summed E-state index contributed by atoms with van der Waals surface area (Å²) in [5, 5.41) is 5.94. The van der Waals surface area contributed by atoms with Gasteiger partial charge in [-0.15, -0.1) is 0 Å². The summed E-state index contributed by atoms with van der Waals surface area (Å²) < 4.78 is 0. The van der Waals surface area contributed by atoms with E-state index >= 15 is 0 Å². The first-order chi connectivity index (χ1) is 14.7. The molecular weight excluding hydrogens is 390 g/mol. The molecule has 1 saturated heterocycles. The van der Waals surface area contributed by atoms with Crippen LogP contribution in [0.3, 0.4) is 0 Å². The topological polar surface area (TPSA) is 78.5 Å². The maximum absolute atomic E-state index is 13.3. The van der Waals surface area contributed by atoms with Crippen LogP contribution < -0.4 is 10.6 Å². The second-order valence-corrected chi connectivity index (χ2v) is 9.80. The Balaban J connectivity index is 1.62. The monoisotopic (exact) mass is 427 g/mol. The van der Waals surface area contributed by atoms with Gasteiger partial charge >= 0.3 is 6.03 Å². The fourth-order valence-corrected chi connectivity index (χ4v) is 5.10. The third-order valence-electron chi connectivity index (χ3n) is 7.48. The number of urea groups is 1. The minimum absolute atomic E-state index is 0.117. The molecule has 1 aromatic carbocycles. The van der Waals surface area contributed by atoms with E-state index in [-0.39, 0.29) is 24.4 Å². The number of imide groups is 1. The summed E-state index contributed by atoms with van der Waals surface area (Å²) in [6, 6.07) is 8.93. The Bertz CT molecular complexity index is 799. The highest BCUT2D eigenvalue weighted by Crippen LogP contribution is 2.40. The van der Waals surface area contributed by atoms with Crippen molar-refractivity contribution < 1.29 is 14.4 Å². The van der Waals surface area contributed by atoms with E-state index < -0.39 is 11.6 Å². The van der Waals surface area contributed by atoms with Crippen LogP contribution in [0.5, 0.6) is 0 Å². The van der Waals surface area contributed by atoms with Gasteiger partial charge < -0.3 is 10.6 Å². The van der Waals surface area contributed by atoms with E-state index in [9.17, 15) is 14.4 Å². The molecule has 0 aromatic heterocycles. The Morgan fingerprint density at radius 1 is 1.13 bits per heavy atom.